The Hall–Kier alpha value is -2.40. The SMILES string of the molecule is CN(C)c1ccc(C=NC2C(C#N)=C3CCCN3C2(O)N2CCOCC2)cc1. The Morgan fingerprint density at radius 2 is 1.96 bits per heavy atom. The van der Waals surface area contributed by atoms with Crippen LogP contribution >= 0.6 is 0 Å². The lowest BCUT2D eigenvalue weighted by molar-refractivity contribution is -0.214. The summed E-state index contributed by atoms with van der Waals surface area (Å²) in [6.45, 7) is 3.16. The molecule has 0 aromatic heterocycles. The molecule has 0 radical (unpaired) electrons. The van der Waals surface area contributed by atoms with Gasteiger partial charge in [-0.15, -0.1) is 0 Å². The zero-order valence-electron chi connectivity index (χ0n) is 16.5. The number of nitrogens with zero attached hydrogens (tertiary/aromatic N) is 5. The van der Waals surface area contributed by atoms with Gasteiger partial charge < -0.3 is 19.6 Å². The molecule has 2 fully saturated rings. The van der Waals surface area contributed by atoms with Crippen LogP contribution in [0.25, 0.3) is 0 Å². The minimum atomic E-state index is -1.29. The summed E-state index contributed by atoms with van der Waals surface area (Å²) in [5, 5.41) is 21.7. The van der Waals surface area contributed by atoms with Crippen molar-refractivity contribution in [1.82, 2.24) is 9.80 Å². The Bertz CT molecular complexity index is 820. The van der Waals surface area contributed by atoms with Crippen molar-refractivity contribution in [3.8, 4) is 6.07 Å². The third-order valence-electron chi connectivity index (χ3n) is 5.85. The fraction of sp³-hybridized carbons (Fsp3) is 0.524. The molecule has 1 aromatic carbocycles. The molecule has 2 unspecified atom stereocenters. The molecule has 0 amide bonds. The van der Waals surface area contributed by atoms with Gasteiger partial charge in [-0.05, 0) is 30.5 Å². The molecule has 0 aliphatic carbocycles. The average molecular weight is 381 g/mol. The molecule has 28 heavy (non-hydrogen) atoms. The maximum atomic E-state index is 11.8. The number of aliphatic hydroxyl groups is 1. The normalized spacial score (nSPS) is 28.1. The third kappa shape index (κ3) is 3.08. The predicted octanol–water partition coefficient (Wildman–Crippen LogP) is 1.41. The number of morpholine rings is 1. The molecular formula is C21H27N5O2. The highest BCUT2D eigenvalue weighted by Crippen LogP contribution is 2.45. The molecule has 4 rings (SSSR count). The molecule has 7 heteroatoms. The Labute approximate surface area is 166 Å². The molecule has 148 valence electrons. The molecular weight excluding hydrogens is 354 g/mol. The van der Waals surface area contributed by atoms with Crippen molar-refractivity contribution in [3.05, 3.63) is 41.1 Å². The summed E-state index contributed by atoms with van der Waals surface area (Å²) in [6.07, 6.45) is 3.55. The third-order valence-corrected chi connectivity index (χ3v) is 5.85. The van der Waals surface area contributed by atoms with Crippen molar-refractivity contribution in [2.45, 2.75) is 24.7 Å². The summed E-state index contributed by atoms with van der Waals surface area (Å²) in [6, 6.07) is 9.80. The van der Waals surface area contributed by atoms with Crippen molar-refractivity contribution in [3.63, 3.8) is 0 Å². The topological polar surface area (TPSA) is 75.3 Å². The highest BCUT2D eigenvalue weighted by Gasteiger charge is 2.57. The van der Waals surface area contributed by atoms with E-state index >= 15 is 0 Å². The van der Waals surface area contributed by atoms with Crippen molar-refractivity contribution in [1.29, 1.82) is 5.26 Å². The lowest BCUT2D eigenvalue weighted by atomic mass is 10.0. The molecule has 0 bridgehead atoms. The zero-order chi connectivity index (χ0) is 19.7. The van der Waals surface area contributed by atoms with Crippen LogP contribution in [0.2, 0.25) is 0 Å². The number of nitriles is 1. The van der Waals surface area contributed by atoms with Gasteiger partial charge in [-0.25, -0.2) is 0 Å². The van der Waals surface area contributed by atoms with Gasteiger partial charge in [0.25, 0.3) is 0 Å². The smallest absolute Gasteiger partial charge is 0.226 e. The van der Waals surface area contributed by atoms with E-state index in [4.69, 9.17) is 9.73 Å². The number of anilines is 1. The first-order chi connectivity index (χ1) is 13.6. The van der Waals surface area contributed by atoms with E-state index in [1.807, 2.05) is 53.1 Å². The molecule has 2 saturated heterocycles. The van der Waals surface area contributed by atoms with Gasteiger partial charge in [0.15, 0.2) is 0 Å². The summed E-state index contributed by atoms with van der Waals surface area (Å²) in [7, 11) is 4.01. The molecule has 1 aromatic rings. The number of benzene rings is 1. The quantitative estimate of drug-likeness (QED) is 0.795. The molecule has 3 aliphatic rings. The summed E-state index contributed by atoms with van der Waals surface area (Å²) in [5.74, 6) is -1.29. The fourth-order valence-electron chi connectivity index (χ4n) is 4.37. The lowest BCUT2D eigenvalue weighted by Gasteiger charge is -2.46. The number of fused-ring (bicyclic) bond motifs is 1. The van der Waals surface area contributed by atoms with Gasteiger partial charge in [-0.1, -0.05) is 12.1 Å². The second-order valence-corrected chi connectivity index (χ2v) is 7.68. The molecule has 7 nitrogen and oxygen atoms in total. The van der Waals surface area contributed by atoms with E-state index in [0.717, 1.165) is 36.3 Å². The van der Waals surface area contributed by atoms with E-state index < -0.39 is 11.9 Å². The summed E-state index contributed by atoms with van der Waals surface area (Å²) >= 11 is 0. The highest BCUT2D eigenvalue weighted by atomic mass is 16.5. The van der Waals surface area contributed by atoms with Gasteiger partial charge in [0.05, 0.1) is 24.9 Å². The largest absolute Gasteiger partial charge is 0.379 e. The predicted molar refractivity (Wildman–Crippen MR) is 108 cm³/mol. The van der Waals surface area contributed by atoms with E-state index in [0.29, 0.717) is 31.9 Å². The standard InChI is InChI=1S/C21H27N5O2/c1-24(2)17-7-5-16(6-8-17)15-23-20-18(14-22)19-4-3-9-26(19)21(20,27)25-10-12-28-13-11-25/h5-8,15,20,27H,3-4,9-13H2,1-2H3. The summed E-state index contributed by atoms with van der Waals surface area (Å²) in [4.78, 5) is 10.8. The van der Waals surface area contributed by atoms with Crippen LogP contribution in [0.4, 0.5) is 5.69 Å². The van der Waals surface area contributed by atoms with Crippen LogP contribution in [0.1, 0.15) is 18.4 Å². The summed E-state index contributed by atoms with van der Waals surface area (Å²) < 4.78 is 5.47. The van der Waals surface area contributed by atoms with Gasteiger partial charge in [-0.3, -0.25) is 9.89 Å². The Balaban J connectivity index is 1.67. The number of hydrogen-bond acceptors (Lipinski definition) is 7. The second kappa shape index (κ2) is 7.55. The number of aliphatic imine (C=N–C) groups is 1. The van der Waals surface area contributed by atoms with Crippen LogP contribution in [0, 0.1) is 11.3 Å². The Morgan fingerprint density at radius 3 is 2.61 bits per heavy atom. The summed E-state index contributed by atoms with van der Waals surface area (Å²) in [5.41, 5.74) is 3.60. The van der Waals surface area contributed by atoms with Crippen LogP contribution < -0.4 is 4.90 Å². The maximum absolute atomic E-state index is 11.8. The van der Waals surface area contributed by atoms with Crippen LogP contribution in [-0.2, 0) is 4.74 Å². The number of ether oxygens (including phenoxy) is 1. The first-order valence-corrected chi connectivity index (χ1v) is 9.82. The van der Waals surface area contributed by atoms with E-state index in [1.165, 1.54) is 0 Å². The monoisotopic (exact) mass is 381 g/mol. The van der Waals surface area contributed by atoms with E-state index in [1.54, 1.807) is 6.21 Å². The second-order valence-electron chi connectivity index (χ2n) is 7.68. The van der Waals surface area contributed by atoms with Gasteiger partial charge in [-0.2, -0.15) is 5.26 Å². The minimum absolute atomic E-state index is 0.579. The highest BCUT2D eigenvalue weighted by molar-refractivity contribution is 5.81. The van der Waals surface area contributed by atoms with Crippen molar-refractivity contribution < 1.29 is 9.84 Å². The molecule has 3 aliphatic heterocycles. The van der Waals surface area contributed by atoms with E-state index in [-0.39, 0.29) is 0 Å². The first kappa shape index (κ1) is 18.9. The van der Waals surface area contributed by atoms with Crippen molar-refractivity contribution >= 4 is 11.9 Å². The molecule has 1 N–H and O–H groups in total. The maximum Gasteiger partial charge on any atom is 0.226 e. The van der Waals surface area contributed by atoms with Gasteiger partial charge in [0.1, 0.15) is 6.04 Å². The number of allylic oxidation sites excluding steroid dienone is 1. The Morgan fingerprint density at radius 1 is 1.25 bits per heavy atom. The van der Waals surface area contributed by atoms with Crippen LogP contribution in [0.3, 0.4) is 0 Å². The molecule has 2 atom stereocenters. The zero-order valence-corrected chi connectivity index (χ0v) is 16.5. The van der Waals surface area contributed by atoms with Gasteiger partial charge in [0, 0.05) is 51.3 Å². The van der Waals surface area contributed by atoms with Gasteiger partial charge >= 0.3 is 0 Å². The lowest BCUT2D eigenvalue weighted by Crippen LogP contribution is -2.65. The average Bonchev–Trinajstić information content (AvgIpc) is 3.29. The number of hydrogen-bond donors (Lipinski definition) is 1. The fourth-order valence-corrected chi connectivity index (χ4v) is 4.37. The number of rotatable bonds is 4. The molecule has 0 saturated carbocycles. The van der Waals surface area contributed by atoms with Crippen LogP contribution in [-0.4, -0.2) is 80.0 Å². The first-order valence-electron chi connectivity index (χ1n) is 9.82. The molecule has 0 spiro atoms. The van der Waals surface area contributed by atoms with Gasteiger partial charge in [0.2, 0.25) is 5.85 Å². The van der Waals surface area contributed by atoms with Crippen LogP contribution in [0.5, 0.6) is 0 Å². The van der Waals surface area contributed by atoms with Crippen molar-refractivity contribution in [2.24, 2.45) is 4.99 Å². The van der Waals surface area contributed by atoms with E-state index in [2.05, 4.69) is 6.07 Å². The van der Waals surface area contributed by atoms with Crippen molar-refractivity contribution in [2.75, 3.05) is 51.8 Å². The molecule has 3 heterocycles. The minimum Gasteiger partial charge on any atom is -0.379 e. The Kier molecular flexibility index (Phi) is 5.11. The van der Waals surface area contributed by atoms with E-state index in [9.17, 15) is 10.4 Å². The van der Waals surface area contributed by atoms with Crippen LogP contribution in [0.15, 0.2) is 40.5 Å².